The molecule has 0 aliphatic heterocycles. The molecule has 0 aromatic heterocycles. The van der Waals surface area contributed by atoms with Gasteiger partial charge in [0.05, 0.1) is 48.7 Å². The molecule has 0 saturated carbocycles. The maximum atomic E-state index is 13.1. The summed E-state index contributed by atoms with van der Waals surface area (Å²) in [5, 5.41) is 25.4. The Hall–Kier alpha value is -2.28. The van der Waals surface area contributed by atoms with Crippen LogP contribution in [0.15, 0.2) is 0 Å². The van der Waals surface area contributed by atoms with Crippen molar-refractivity contribution in [2.45, 2.75) is 26.4 Å². The highest BCUT2D eigenvalue weighted by atomic mass is 19.2. The normalized spacial score (nSPS) is 10.8. The lowest BCUT2D eigenvalue weighted by molar-refractivity contribution is 0.174. The van der Waals surface area contributed by atoms with E-state index in [1.54, 1.807) is 0 Å². The van der Waals surface area contributed by atoms with Gasteiger partial charge in [0.25, 0.3) is 0 Å². The SMILES string of the molecule is COCc1c(F)c(F)c(CO)c(F)c1F.OCc1c(F)c(F)c(CO)c(F)c1F. The quantitative estimate of drug-likeness (QED) is 0.500. The highest BCUT2D eigenvalue weighted by Crippen LogP contribution is 2.25. The standard InChI is InChI=1S/C9H8F4O2.C8H6F4O2/c1-15-3-5-8(12)6(10)4(2-14)7(11)9(5)13;9-5-3(1-13)6(10)8(12)4(2-14)7(5)11/h14H,2-3H2,1H3;13-14H,1-2H2. The zero-order chi connectivity index (χ0) is 22.5. The fourth-order valence-electron chi connectivity index (χ4n) is 2.13. The zero-order valence-electron chi connectivity index (χ0n) is 14.6. The van der Waals surface area contributed by atoms with Crippen LogP contribution in [0.5, 0.6) is 0 Å². The third kappa shape index (κ3) is 4.83. The molecule has 0 saturated heterocycles. The van der Waals surface area contributed by atoms with Gasteiger partial charge in [0.1, 0.15) is 0 Å². The molecule has 0 spiro atoms. The predicted octanol–water partition coefficient (Wildman–Crippen LogP) is 3.11. The van der Waals surface area contributed by atoms with E-state index < -0.39 is 95.2 Å². The minimum Gasteiger partial charge on any atom is -0.391 e. The third-order valence-electron chi connectivity index (χ3n) is 3.65. The van der Waals surface area contributed by atoms with E-state index in [0.717, 1.165) is 7.11 Å². The van der Waals surface area contributed by atoms with Crippen molar-refractivity contribution in [3.8, 4) is 0 Å². The minimum atomic E-state index is -1.68. The fraction of sp³-hybridized carbons (Fsp3) is 0.294. The van der Waals surface area contributed by atoms with Gasteiger partial charge in [-0.05, 0) is 0 Å². The Morgan fingerprint density at radius 2 is 0.690 bits per heavy atom. The van der Waals surface area contributed by atoms with Crippen molar-refractivity contribution in [1.29, 1.82) is 0 Å². The van der Waals surface area contributed by atoms with Crippen molar-refractivity contribution in [1.82, 2.24) is 0 Å². The largest absolute Gasteiger partial charge is 0.391 e. The van der Waals surface area contributed by atoms with Crippen LogP contribution >= 0.6 is 0 Å². The number of hydrogen-bond acceptors (Lipinski definition) is 4. The molecule has 2 aromatic carbocycles. The predicted molar refractivity (Wildman–Crippen MR) is 81.0 cm³/mol. The molecule has 162 valence electrons. The van der Waals surface area contributed by atoms with Gasteiger partial charge in [-0.1, -0.05) is 0 Å². The molecule has 29 heavy (non-hydrogen) atoms. The van der Waals surface area contributed by atoms with Crippen LogP contribution < -0.4 is 0 Å². The number of aliphatic hydroxyl groups excluding tert-OH is 3. The van der Waals surface area contributed by atoms with Gasteiger partial charge in [-0.3, -0.25) is 0 Å². The van der Waals surface area contributed by atoms with E-state index in [2.05, 4.69) is 4.74 Å². The molecule has 2 rings (SSSR count). The van der Waals surface area contributed by atoms with Gasteiger partial charge in [-0.25, -0.2) is 35.1 Å². The first-order valence-corrected chi connectivity index (χ1v) is 7.57. The molecule has 2 aromatic rings. The first-order chi connectivity index (χ1) is 13.6. The van der Waals surface area contributed by atoms with Crippen molar-refractivity contribution in [2.24, 2.45) is 0 Å². The van der Waals surface area contributed by atoms with Gasteiger partial charge in [0.2, 0.25) is 0 Å². The van der Waals surface area contributed by atoms with Crippen molar-refractivity contribution in [3.05, 3.63) is 68.8 Å². The summed E-state index contributed by atoms with van der Waals surface area (Å²) in [6, 6.07) is 0. The highest BCUT2D eigenvalue weighted by Gasteiger charge is 2.25. The van der Waals surface area contributed by atoms with Gasteiger partial charge < -0.3 is 20.1 Å². The highest BCUT2D eigenvalue weighted by molar-refractivity contribution is 5.30. The monoisotopic (exact) mass is 434 g/mol. The summed E-state index contributed by atoms with van der Waals surface area (Å²) < 4.78 is 108. The molecule has 12 heteroatoms. The molecule has 0 amide bonds. The number of rotatable bonds is 5. The summed E-state index contributed by atoms with van der Waals surface area (Å²) in [6.07, 6.45) is 0. The molecule has 0 aliphatic rings. The number of hydrogen-bond donors (Lipinski definition) is 3. The van der Waals surface area contributed by atoms with Crippen LogP contribution in [0.2, 0.25) is 0 Å². The van der Waals surface area contributed by atoms with Crippen LogP contribution in [-0.4, -0.2) is 22.4 Å². The number of benzene rings is 2. The van der Waals surface area contributed by atoms with Crippen LogP contribution in [-0.2, 0) is 31.2 Å². The van der Waals surface area contributed by atoms with E-state index in [4.69, 9.17) is 15.3 Å². The van der Waals surface area contributed by atoms with Crippen LogP contribution in [0, 0.1) is 46.5 Å². The maximum Gasteiger partial charge on any atom is 0.167 e. The topological polar surface area (TPSA) is 69.9 Å². The fourth-order valence-corrected chi connectivity index (χ4v) is 2.13. The maximum absolute atomic E-state index is 13.1. The smallest absolute Gasteiger partial charge is 0.167 e. The molecule has 0 fully saturated rings. The number of aliphatic hydroxyl groups is 3. The van der Waals surface area contributed by atoms with Crippen molar-refractivity contribution < 1.29 is 55.2 Å². The van der Waals surface area contributed by atoms with E-state index in [0.29, 0.717) is 0 Å². The molecule has 0 unspecified atom stereocenters. The molecule has 4 nitrogen and oxygen atoms in total. The molecule has 3 N–H and O–H groups in total. The Labute approximate surface area is 158 Å². The second kappa shape index (κ2) is 10.5. The van der Waals surface area contributed by atoms with Crippen molar-refractivity contribution in [3.63, 3.8) is 0 Å². The number of ether oxygens (including phenoxy) is 1. The summed E-state index contributed by atoms with van der Waals surface area (Å²) in [5.74, 6) is -13.0. The van der Waals surface area contributed by atoms with Gasteiger partial charge in [-0.2, -0.15) is 0 Å². The molecule has 0 radical (unpaired) electrons. The Morgan fingerprint density at radius 3 is 0.862 bits per heavy atom. The van der Waals surface area contributed by atoms with Gasteiger partial charge in [0, 0.05) is 7.11 Å². The Bertz CT molecular complexity index is 796. The summed E-state index contributed by atoms with van der Waals surface area (Å²) >= 11 is 0. The minimum absolute atomic E-state index is 0.586. The number of methoxy groups -OCH3 is 1. The van der Waals surface area contributed by atoms with Crippen LogP contribution in [0.1, 0.15) is 22.3 Å². The molecular formula is C17H14F8O4. The van der Waals surface area contributed by atoms with Crippen LogP contribution in [0.25, 0.3) is 0 Å². The Balaban J connectivity index is 0.000000291. The van der Waals surface area contributed by atoms with E-state index in [-0.39, 0.29) is 0 Å². The Morgan fingerprint density at radius 1 is 0.483 bits per heavy atom. The first-order valence-electron chi connectivity index (χ1n) is 7.57. The van der Waals surface area contributed by atoms with E-state index in [1.165, 1.54) is 0 Å². The average Bonchev–Trinajstić information content (AvgIpc) is 2.70. The van der Waals surface area contributed by atoms with E-state index >= 15 is 0 Å². The second-order valence-corrected chi connectivity index (χ2v) is 5.33. The second-order valence-electron chi connectivity index (χ2n) is 5.33. The zero-order valence-corrected chi connectivity index (χ0v) is 14.6. The van der Waals surface area contributed by atoms with Gasteiger partial charge in [0.15, 0.2) is 46.5 Å². The molecule has 0 heterocycles. The van der Waals surface area contributed by atoms with Crippen LogP contribution in [0.4, 0.5) is 35.1 Å². The summed E-state index contributed by atoms with van der Waals surface area (Å²) in [6.45, 7) is -4.01. The summed E-state index contributed by atoms with van der Waals surface area (Å²) in [7, 11) is 1.13. The summed E-state index contributed by atoms with van der Waals surface area (Å²) in [4.78, 5) is 0. The van der Waals surface area contributed by atoms with E-state index in [1.807, 2.05) is 0 Å². The average molecular weight is 434 g/mol. The molecule has 0 aliphatic carbocycles. The third-order valence-corrected chi connectivity index (χ3v) is 3.65. The van der Waals surface area contributed by atoms with Crippen molar-refractivity contribution >= 4 is 0 Å². The molecule has 0 bridgehead atoms. The Kier molecular flexibility index (Phi) is 8.95. The van der Waals surface area contributed by atoms with Crippen LogP contribution in [0.3, 0.4) is 0 Å². The van der Waals surface area contributed by atoms with Gasteiger partial charge >= 0.3 is 0 Å². The van der Waals surface area contributed by atoms with E-state index in [9.17, 15) is 35.1 Å². The summed E-state index contributed by atoms with van der Waals surface area (Å²) in [5.41, 5.74) is -4.02. The van der Waals surface area contributed by atoms with Crippen molar-refractivity contribution in [2.75, 3.05) is 7.11 Å². The molecular weight excluding hydrogens is 420 g/mol. The molecule has 0 atom stereocenters. The van der Waals surface area contributed by atoms with Gasteiger partial charge in [-0.15, -0.1) is 0 Å². The first kappa shape index (κ1) is 24.8. The lowest BCUT2D eigenvalue weighted by atomic mass is 10.1. The lowest BCUT2D eigenvalue weighted by Gasteiger charge is -2.09. The lowest BCUT2D eigenvalue weighted by Crippen LogP contribution is -2.09. The number of halogens is 8.